The molecule has 0 saturated heterocycles. The van der Waals surface area contributed by atoms with E-state index >= 15 is 0 Å². The first-order valence-electron chi connectivity index (χ1n) is 6.80. The first kappa shape index (κ1) is 20.8. The van der Waals surface area contributed by atoms with E-state index in [1.54, 1.807) is 11.9 Å². The van der Waals surface area contributed by atoms with Crippen LogP contribution in [0.5, 0.6) is 0 Å². The van der Waals surface area contributed by atoms with Gasteiger partial charge in [-0.3, -0.25) is 24.6 Å². The summed E-state index contributed by atoms with van der Waals surface area (Å²) in [5.74, 6) is -1.26. The average Bonchev–Trinajstić information content (AvgIpc) is 2.46. The van der Waals surface area contributed by atoms with Gasteiger partial charge in [0.15, 0.2) is 0 Å². The summed E-state index contributed by atoms with van der Waals surface area (Å²) in [6.07, 6.45) is 0.738. The van der Waals surface area contributed by atoms with Crippen molar-refractivity contribution in [3.8, 4) is 0 Å². The van der Waals surface area contributed by atoms with Crippen LogP contribution in [0.1, 0.15) is 13.3 Å². The highest BCUT2D eigenvalue weighted by Gasteiger charge is 2.18. The van der Waals surface area contributed by atoms with E-state index in [0.717, 1.165) is 6.42 Å². The quantitative estimate of drug-likeness (QED) is 0.569. The van der Waals surface area contributed by atoms with E-state index in [0.29, 0.717) is 12.2 Å². The number of non-ortho nitro benzene ring substituents is 1. The van der Waals surface area contributed by atoms with Crippen LogP contribution in [0.3, 0.4) is 0 Å². The molecule has 0 aliphatic carbocycles. The lowest BCUT2D eigenvalue weighted by atomic mass is 10.2. The molecular weight excluding hydrogens is 326 g/mol. The number of anilines is 1. The minimum absolute atomic E-state index is 0. The van der Waals surface area contributed by atoms with Crippen LogP contribution in [0.15, 0.2) is 24.3 Å². The fourth-order valence-corrected chi connectivity index (χ4v) is 1.96. The van der Waals surface area contributed by atoms with Gasteiger partial charge in [-0.2, -0.15) is 0 Å². The zero-order chi connectivity index (χ0) is 16.7. The topological polar surface area (TPSA) is 104 Å². The molecule has 1 amide bonds. The number of hydrogen-bond acceptors (Lipinski definition) is 5. The molecule has 0 spiro atoms. The highest BCUT2D eigenvalue weighted by atomic mass is 35.5. The molecule has 0 bridgehead atoms. The molecule has 0 aliphatic rings. The Morgan fingerprint density at radius 3 is 2.22 bits per heavy atom. The van der Waals surface area contributed by atoms with E-state index in [1.165, 1.54) is 29.2 Å². The van der Waals surface area contributed by atoms with Crippen LogP contribution in [0.2, 0.25) is 0 Å². The zero-order valence-corrected chi connectivity index (χ0v) is 13.8. The van der Waals surface area contributed by atoms with E-state index in [2.05, 4.69) is 0 Å². The molecule has 0 radical (unpaired) electrons. The van der Waals surface area contributed by atoms with Gasteiger partial charge in [-0.1, -0.05) is 6.92 Å². The Balaban J connectivity index is 0.00000484. The summed E-state index contributed by atoms with van der Waals surface area (Å²) < 4.78 is 0. The number of hydrogen-bond donors (Lipinski definition) is 1. The average molecular weight is 346 g/mol. The van der Waals surface area contributed by atoms with Crippen LogP contribution in [-0.2, 0) is 9.59 Å². The summed E-state index contributed by atoms with van der Waals surface area (Å²) in [5.41, 5.74) is 0.463. The van der Waals surface area contributed by atoms with Crippen molar-refractivity contribution in [2.24, 2.45) is 0 Å². The molecule has 1 N–H and O–H groups in total. The molecule has 9 heteroatoms. The van der Waals surface area contributed by atoms with Crippen molar-refractivity contribution in [2.75, 3.05) is 31.6 Å². The van der Waals surface area contributed by atoms with Gasteiger partial charge in [-0.15, -0.1) is 12.4 Å². The number of amides is 1. The molecule has 0 aliphatic heterocycles. The molecule has 0 aromatic heterocycles. The first-order chi connectivity index (χ1) is 10.3. The van der Waals surface area contributed by atoms with Crippen molar-refractivity contribution in [3.05, 3.63) is 34.4 Å². The van der Waals surface area contributed by atoms with E-state index in [9.17, 15) is 19.7 Å². The Labute approximate surface area is 140 Å². The predicted molar refractivity (Wildman–Crippen MR) is 88.1 cm³/mol. The van der Waals surface area contributed by atoms with Crippen LogP contribution in [0.25, 0.3) is 0 Å². The number of nitro benzene ring substituents is 1. The van der Waals surface area contributed by atoms with E-state index in [4.69, 9.17) is 5.11 Å². The molecule has 1 aromatic carbocycles. The van der Waals surface area contributed by atoms with Gasteiger partial charge in [0.05, 0.1) is 18.0 Å². The Bertz CT molecular complexity index is 550. The van der Waals surface area contributed by atoms with E-state index < -0.39 is 10.9 Å². The highest BCUT2D eigenvalue weighted by Crippen LogP contribution is 2.18. The smallest absolute Gasteiger partial charge is 0.317 e. The number of carboxylic acid groups (broad SMARTS) is 1. The zero-order valence-electron chi connectivity index (χ0n) is 13.0. The Morgan fingerprint density at radius 1 is 1.22 bits per heavy atom. The van der Waals surface area contributed by atoms with Crippen LogP contribution >= 0.6 is 12.4 Å². The summed E-state index contributed by atoms with van der Waals surface area (Å²) in [6.45, 7) is 2.19. The molecule has 0 unspecified atom stereocenters. The lowest BCUT2D eigenvalue weighted by Gasteiger charge is -2.23. The maximum Gasteiger partial charge on any atom is 0.317 e. The van der Waals surface area contributed by atoms with Gasteiger partial charge in [-0.25, -0.2) is 0 Å². The van der Waals surface area contributed by atoms with E-state index in [-0.39, 0.29) is 37.1 Å². The van der Waals surface area contributed by atoms with Gasteiger partial charge in [0.1, 0.15) is 0 Å². The van der Waals surface area contributed by atoms with Gasteiger partial charge in [-0.05, 0) is 25.1 Å². The fraction of sp³-hybridized carbons (Fsp3) is 0.429. The largest absolute Gasteiger partial charge is 0.480 e. The van der Waals surface area contributed by atoms with Crippen molar-refractivity contribution in [3.63, 3.8) is 0 Å². The molecule has 0 heterocycles. The number of halogens is 1. The third-order valence-electron chi connectivity index (χ3n) is 3.08. The number of rotatable bonds is 8. The van der Waals surface area contributed by atoms with Crippen LogP contribution in [-0.4, -0.2) is 53.5 Å². The van der Waals surface area contributed by atoms with Crippen molar-refractivity contribution in [2.45, 2.75) is 13.3 Å². The number of carbonyl (C=O) groups excluding carboxylic acids is 1. The number of nitrogens with zero attached hydrogens (tertiary/aromatic N) is 3. The van der Waals surface area contributed by atoms with Crippen LogP contribution in [0.4, 0.5) is 11.4 Å². The SMILES string of the molecule is CCCN(CC(=O)O)CC(=O)N(C)c1ccc([N+](=O)[O-])cc1.Cl. The summed E-state index contributed by atoms with van der Waals surface area (Å²) in [4.78, 5) is 36.0. The van der Waals surface area contributed by atoms with Crippen LogP contribution < -0.4 is 4.90 Å². The summed E-state index contributed by atoms with van der Waals surface area (Å²) >= 11 is 0. The molecule has 1 aromatic rings. The summed E-state index contributed by atoms with van der Waals surface area (Å²) in [7, 11) is 1.55. The molecule has 23 heavy (non-hydrogen) atoms. The molecule has 1 rings (SSSR count). The summed E-state index contributed by atoms with van der Waals surface area (Å²) in [6, 6.07) is 5.61. The Morgan fingerprint density at radius 2 is 1.78 bits per heavy atom. The maximum atomic E-state index is 12.2. The van der Waals surface area contributed by atoms with Crippen molar-refractivity contribution in [1.29, 1.82) is 0 Å². The lowest BCUT2D eigenvalue weighted by molar-refractivity contribution is -0.384. The van der Waals surface area contributed by atoms with Crippen LogP contribution in [0, 0.1) is 10.1 Å². The van der Waals surface area contributed by atoms with Gasteiger partial charge >= 0.3 is 5.97 Å². The van der Waals surface area contributed by atoms with Gasteiger partial charge < -0.3 is 10.0 Å². The van der Waals surface area contributed by atoms with Crippen molar-refractivity contribution in [1.82, 2.24) is 4.90 Å². The number of nitro groups is 1. The number of carboxylic acids is 1. The Kier molecular flexibility index (Phi) is 8.82. The second-order valence-corrected chi connectivity index (χ2v) is 4.83. The third-order valence-corrected chi connectivity index (χ3v) is 3.08. The first-order valence-corrected chi connectivity index (χ1v) is 6.80. The maximum absolute atomic E-state index is 12.2. The minimum Gasteiger partial charge on any atom is -0.480 e. The van der Waals surface area contributed by atoms with Crippen molar-refractivity contribution >= 4 is 35.7 Å². The standard InChI is InChI=1S/C14H19N3O5.ClH/c1-3-8-16(10-14(19)20)9-13(18)15(2)11-4-6-12(7-5-11)17(21)22;/h4-7H,3,8-10H2,1-2H3,(H,19,20);1H. The normalized spacial score (nSPS) is 10.0. The van der Waals surface area contributed by atoms with Crippen molar-refractivity contribution < 1.29 is 19.6 Å². The predicted octanol–water partition coefficient (Wildman–Crippen LogP) is 1.78. The Hall–Kier alpha value is -2.19. The molecule has 8 nitrogen and oxygen atoms in total. The molecular formula is C14H20ClN3O5. The molecule has 0 atom stereocenters. The molecule has 0 saturated carbocycles. The van der Waals surface area contributed by atoms with Gasteiger partial charge in [0, 0.05) is 24.9 Å². The molecule has 128 valence electrons. The van der Waals surface area contributed by atoms with E-state index in [1.807, 2.05) is 6.92 Å². The summed E-state index contributed by atoms with van der Waals surface area (Å²) in [5, 5.41) is 19.4. The monoisotopic (exact) mass is 345 g/mol. The number of likely N-dealkylation sites (N-methyl/N-ethyl adjacent to an activating group) is 1. The minimum atomic E-state index is -0.987. The van der Waals surface area contributed by atoms with Gasteiger partial charge in [0.2, 0.25) is 5.91 Å². The highest BCUT2D eigenvalue weighted by molar-refractivity contribution is 5.94. The third kappa shape index (κ3) is 6.62. The number of aliphatic carboxylic acids is 1. The second kappa shape index (κ2) is 9.75. The van der Waals surface area contributed by atoms with Gasteiger partial charge in [0.25, 0.3) is 5.69 Å². The lowest BCUT2D eigenvalue weighted by Crippen LogP contribution is -2.41. The molecule has 0 fully saturated rings. The second-order valence-electron chi connectivity index (χ2n) is 4.83. The number of carbonyl (C=O) groups is 2. The number of benzene rings is 1. The fourth-order valence-electron chi connectivity index (χ4n) is 1.96.